The van der Waals surface area contributed by atoms with E-state index in [-0.39, 0.29) is 0 Å². The smallest absolute Gasteiger partial charge is 0.0672 e. The number of nitrogens with one attached hydrogen (secondary N) is 2. The van der Waals surface area contributed by atoms with Gasteiger partial charge in [0.05, 0.1) is 5.69 Å². The average molecular weight is 181 g/mol. The molecule has 0 radical (unpaired) electrons. The van der Waals surface area contributed by atoms with Gasteiger partial charge in [-0.25, -0.2) is 0 Å². The summed E-state index contributed by atoms with van der Waals surface area (Å²) in [5.74, 6) is 0.561. The van der Waals surface area contributed by atoms with Crippen molar-refractivity contribution in [3.05, 3.63) is 17.0 Å². The highest BCUT2D eigenvalue weighted by Crippen LogP contribution is 2.21. The lowest BCUT2D eigenvalue weighted by molar-refractivity contribution is 0.753. The molecule has 1 aromatic heterocycles. The normalized spacial score (nSPS) is 11.2. The number of hydrogen-bond acceptors (Lipinski definition) is 2. The van der Waals surface area contributed by atoms with Gasteiger partial charge in [0.15, 0.2) is 0 Å². The highest BCUT2D eigenvalue weighted by molar-refractivity contribution is 5.27. The van der Waals surface area contributed by atoms with E-state index in [9.17, 15) is 0 Å². The molecule has 0 saturated carbocycles. The van der Waals surface area contributed by atoms with Crippen LogP contribution in [0, 0.1) is 6.92 Å². The molecule has 0 spiro atoms. The van der Waals surface area contributed by atoms with Crippen LogP contribution in [0.25, 0.3) is 0 Å². The molecule has 1 rings (SSSR count). The molecular formula is C10H19N3. The lowest BCUT2D eigenvalue weighted by Gasteiger charge is -2.06. The van der Waals surface area contributed by atoms with E-state index in [0.717, 1.165) is 13.0 Å². The van der Waals surface area contributed by atoms with E-state index in [0.29, 0.717) is 5.92 Å². The predicted octanol–water partition coefficient (Wildman–Crippen LogP) is 1.60. The van der Waals surface area contributed by atoms with E-state index in [4.69, 9.17) is 0 Å². The molecule has 3 heteroatoms. The zero-order valence-electron chi connectivity index (χ0n) is 8.94. The molecule has 0 saturated heterocycles. The summed E-state index contributed by atoms with van der Waals surface area (Å²) in [6, 6.07) is 0. The number of aromatic amines is 1. The number of rotatable bonds is 4. The summed E-state index contributed by atoms with van der Waals surface area (Å²) in [4.78, 5) is 0. The van der Waals surface area contributed by atoms with Gasteiger partial charge in [0.25, 0.3) is 0 Å². The van der Waals surface area contributed by atoms with Crippen LogP contribution in [0.3, 0.4) is 0 Å². The van der Waals surface area contributed by atoms with Crippen molar-refractivity contribution in [2.75, 3.05) is 13.6 Å². The summed E-state index contributed by atoms with van der Waals surface area (Å²) < 4.78 is 0. The monoisotopic (exact) mass is 181 g/mol. The SMILES string of the molecule is CNCCc1n[nH]c(C)c1C(C)C. The molecule has 13 heavy (non-hydrogen) atoms. The minimum Gasteiger partial charge on any atom is -0.319 e. The number of hydrogen-bond donors (Lipinski definition) is 2. The molecule has 2 N–H and O–H groups in total. The second-order valence-corrected chi connectivity index (χ2v) is 3.72. The summed E-state index contributed by atoms with van der Waals surface area (Å²) in [5, 5.41) is 10.5. The Labute approximate surface area is 79.9 Å². The van der Waals surface area contributed by atoms with Gasteiger partial charge >= 0.3 is 0 Å². The van der Waals surface area contributed by atoms with Crippen molar-refractivity contribution in [1.82, 2.24) is 15.5 Å². The number of H-pyrrole nitrogens is 1. The van der Waals surface area contributed by atoms with Crippen molar-refractivity contribution in [3.8, 4) is 0 Å². The molecule has 0 unspecified atom stereocenters. The lowest BCUT2D eigenvalue weighted by atomic mass is 9.99. The van der Waals surface area contributed by atoms with Crippen LogP contribution in [0.4, 0.5) is 0 Å². The Morgan fingerprint density at radius 1 is 1.46 bits per heavy atom. The fourth-order valence-electron chi connectivity index (χ4n) is 1.69. The van der Waals surface area contributed by atoms with E-state index >= 15 is 0 Å². The van der Waals surface area contributed by atoms with E-state index in [2.05, 4.69) is 36.3 Å². The second kappa shape index (κ2) is 4.42. The third kappa shape index (κ3) is 2.31. The number of aryl methyl sites for hydroxylation is 1. The molecule has 0 fully saturated rings. The van der Waals surface area contributed by atoms with Crippen LogP contribution < -0.4 is 5.32 Å². The molecule has 1 aromatic rings. The van der Waals surface area contributed by atoms with Crippen molar-refractivity contribution in [2.24, 2.45) is 0 Å². The first-order chi connectivity index (χ1) is 6.16. The van der Waals surface area contributed by atoms with Crippen LogP contribution in [0.2, 0.25) is 0 Å². The van der Waals surface area contributed by atoms with Gasteiger partial charge in [-0.3, -0.25) is 5.10 Å². The van der Waals surface area contributed by atoms with Crippen LogP contribution in [0.1, 0.15) is 36.7 Å². The van der Waals surface area contributed by atoms with Gasteiger partial charge in [-0.1, -0.05) is 13.8 Å². The third-order valence-corrected chi connectivity index (χ3v) is 2.26. The van der Waals surface area contributed by atoms with Crippen LogP contribution in [0.5, 0.6) is 0 Å². The third-order valence-electron chi connectivity index (χ3n) is 2.26. The lowest BCUT2D eigenvalue weighted by Crippen LogP contribution is -2.11. The van der Waals surface area contributed by atoms with E-state index in [1.807, 2.05) is 7.05 Å². The van der Waals surface area contributed by atoms with Crippen molar-refractivity contribution in [1.29, 1.82) is 0 Å². The summed E-state index contributed by atoms with van der Waals surface area (Å²) in [5.41, 5.74) is 3.80. The fourth-order valence-corrected chi connectivity index (χ4v) is 1.69. The Morgan fingerprint density at radius 2 is 2.15 bits per heavy atom. The Bertz CT molecular complexity index is 263. The summed E-state index contributed by atoms with van der Waals surface area (Å²) >= 11 is 0. The molecule has 0 aliphatic rings. The number of aromatic nitrogens is 2. The molecular weight excluding hydrogens is 162 g/mol. The average Bonchev–Trinajstić information content (AvgIpc) is 2.43. The minimum atomic E-state index is 0.561. The maximum atomic E-state index is 4.31. The van der Waals surface area contributed by atoms with E-state index in [1.54, 1.807) is 0 Å². The molecule has 0 aliphatic carbocycles. The summed E-state index contributed by atoms with van der Waals surface area (Å²) in [6.07, 6.45) is 1.01. The molecule has 0 amide bonds. The number of likely N-dealkylation sites (N-methyl/N-ethyl adjacent to an activating group) is 1. The Kier molecular flexibility index (Phi) is 3.48. The molecule has 0 atom stereocenters. The van der Waals surface area contributed by atoms with Crippen molar-refractivity contribution >= 4 is 0 Å². The van der Waals surface area contributed by atoms with Gasteiger partial charge < -0.3 is 5.32 Å². The van der Waals surface area contributed by atoms with Gasteiger partial charge in [0.2, 0.25) is 0 Å². The quantitative estimate of drug-likeness (QED) is 0.740. The zero-order chi connectivity index (χ0) is 9.84. The first kappa shape index (κ1) is 10.3. The molecule has 74 valence electrons. The summed E-state index contributed by atoms with van der Waals surface area (Å²) in [7, 11) is 1.97. The van der Waals surface area contributed by atoms with Crippen molar-refractivity contribution in [2.45, 2.75) is 33.1 Å². The first-order valence-corrected chi connectivity index (χ1v) is 4.85. The zero-order valence-corrected chi connectivity index (χ0v) is 8.94. The topological polar surface area (TPSA) is 40.7 Å². The highest BCUT2D eigenvalue weighted by atomic mass is 15.1. The molecule has 0 aromatic carbocycles. The highest BCUT2D eigenvalue weighted by Gasteiger charge is 2.12. The van der Waals surface area contributed by atoms with Crippen LogP contribution in [-0.4, -0.2) is 23.8 Å². The minimum absolute atomic E-state index is 0.561. The molecule has 0 aliphatic heterocycles. The van der Waals surface area contributed by atoms with Gasteiger partial charge in [-0.2, -0.15) is 5.10 Å². The van der Waals surface area contributed by atoms with Crippen LogP contribution >= 0.6 is 0 Å². The maximum absolute atomic E-state index is 4.31. The van der Waals surface area contributed by atoms with Gasteiger partial charge in [-0.05, 0) is 25.5 Å². The molecule has 3 nitrogen and oxygen atoms in total. The first-order valence-electron chi connectivity index (χ1n) is 4.85. The fraction of sp³-hybridized carbons (Fsp3) is 0.700. The van der Waals surface area contributed by atoms with Gasteiger partial charge in [0.1, 0.15) is 0 Å². The van der Waals surface area contributed by atoms with Crippen molar-refractivity contribution in [3.63, 3.8) is 0 Å². The molecule has 0 bridgehead atoms. The van der Waals surface area contributed by atoms with Gasteiger partial charge in [0, 0.05) is 18.7 Å². The number of nitrogens with zero attached hydrogens (tertiary/aromatic N) is 1. The largest absolute Gasteiger partial charge is 0.319 e. The summed E-state index contributed by atoms with van der Waals surface area (Å²) in [6.45, 7) is 7.50. The van der Waals surface area contributed by atoms with Gasteiger partial charge in [-0.15, -0.1) is 0 Å². The Morgan fingerprint density at radius 3 is 2.69 bits per heavy atom. The standard InChI is InChI=1S/C10H19N3/c1-7(2)10-8(3)12-13-9(10)5-6-11-4/h7,11H,5-6H2,1-4H3,(H,12,13). The predicted molar refractivity (Wildman–Crippen MR) is 55.0 cm³/mol. The van der Waals surface area contributed by atoms with Crippen LogP contribution in [0.15, 0.2) is 0 Å². The Hall–Kier alpha value is -0.830. The maximum Gasteiger partial charge on any atom is 0.0672 e. The van der Waals surface area contributed by atoms with Crippen LogP contribution in [-0.2, 0) is 6.42 Å². The van der Waals surface area contributed by atoms with E-state index < -0.39 is 0 Å². The second-order valence-electron chi connectivity index (χ2n) is 3.72. The molecule has 1 heterocycles. The van der Waals surface area contributed by atoms with Crippen molar-refractivity contribution < 1.29 is 0 Å². The van der Waals surface area contributed by atoms with E-state index in [1.165, 1.54) is 17.0 Å². The Balaban J connectivity index is 2.81.